The first-order valence-electron chi connectivity index (χ1n) is 11.8. The predicted octanol–water partition coefficient (Wildman–Crippen LogP) is 3.07. The summed E-state index contributed by atoms with van der Waals surface area (Å²) in [5.74, 6) is 1.92. The van der Waals surface area contributed by atoms with Gasteiger partial charge in [0.15, 0.2) is 18.1 Å². The Morgan fingerprint density at radius 1 is 1.18 bits per heavy atom. The second kappa shape index (κ2) is 8.66. The third-order valence-corrected chi connectivity index (χ3v) is 6.51. The van der Waals surface area contributed by atoms with Gasteiger partial charge in [0.05, 0.1) is 5.69 Å². The van der Waals surface area contributed by atoms with Crippen LogP contribution < -0.4 is 15.2 Å². The first-order chi connectivity index (χ1) is 16.3. The van der Waals surface area contributed by atoms with Crippen LogP contribution in [0.3, 0.4) is 0 Å². The van der Waals surface area contributed by atoms with Gasteiger partial charge in [0.25, 0.3) is 5.91 Å². The van der Waals surface area contributed by atoms with E-state index in [1.54, 1.807) is 11.6 Å². The van der Waals surface area contributed by atoms with Crippen LogP contribution in [0.25, 0.3) is 5.69 Å². The van der Waals surface area contributed by atoms with Crippen LogP contribution in [-0.4, -0.2) is 50.5 Å². The molecule has 8 heteroatoms. The molecule has 1 atom stereocenters. The minimum Gasteiger partial charge on any atom is -0.483 e. The lowest BCUT2D eigenvalue weighted by Gasteiger charge is -2.32. The molecule has 5 rings (SSSR count). The van der Waals surface area contributed by atoms with Crippen LogP contribution in [0.15, 0.2) is 53.3 Å². The molecule has 0 saturated carbocycles. The average molecular weight is 463 g/mol. The topological polar surface area (TPSA) is 78.6 Å². The standard InChI is InChI=1S/C26H30N4O4/c1-26(2)15-18-9-7-13-21(23(18)34-26)33-17-22(31)29-14-8-10-19(16-29)24-27-28(3)25(32)30(24)20-11-5-4-6-12-20/h4-7,9,11-13,19H,8,10,14-17H2,1-3H3. The fourth-order valence-corrected chi connectivity index (χ4v) is 4.91. The molecule has 1 saturated heterocycles. The first-order valence-corrected chi connectivity index (χ1v) is 11.8. The van der Waals surface area contributed by atoms with Gasteiger partial charge in [0.2, 0.25) is 0 Å². The zero-order valence-corrected chi connectivity index (χ0v) is 19.9. The normalized spacial score (nSPS) is 18.9. The quantitative estimate of drug-likeness (QED) is 0.582. The van der Waals surface area contributed by atoms with E-state index < -0.39 is 0 Å². The highest BCUT2D eigenvalue weighted by molar-refractivity contribution is 5.78. The van der Waals surface area contributed by atoms with Crippen molar-refractivity contribution in [3.63, 3.8) is 0 Å². The van der Waals surface area contributed by atoms with Crippen molar-refractivity contribution in [3.05, 3.63) is 70.4 Å². The van der Waals surface area contributed by atoms with E-state index in [1.165, 1.54) is 4.68 Å². The Balaban J connectivity index is 1.30. The Hall–Kier alpha value is -3.55. The molecule has 3 aromatic rings. The number of hydrogen-bond acceptors (Lipinski definition) is 5. The van der Waals surface area contributed by atoms with Gasteiger partial charge in [-0.1, -0.05) is 30.3 Å². The van der Waals surface area contributed by atoms with E-state index in [4.69, 9.17) is 9.47 Å². The molecule has 0 bridgehead atoms. The van der Waals surface area contributed by atoms with Gasteiger partial charge in [-0.3, -0.25) is 4.79 Å². The fourth-order valence-electron chi connectivity index (χ4n) is 4.91. The summed E-state index contributed by atoms with van der Waals surface area (Å²) >= 11 is 0. The first kappa shape index (κ1) is 22.3. The summed E-state index contributed by atoms with van der Waals surface area (Å²) < 4.78 is 15.0. The zero-order valence-electron chi connectivity index (χ0n) is 19.9. The summed E-state index contributed by atoms with van der Waals surface area (Å²) in [6, 6.07) is 15.3. The number of aromatic nitrogens is 3. The van der Waals surface area contributed by atoms with E-state index in [0.717, 1.165) is 36.3 Å². The van der Waals surface area contributed by atoms with Crippen LogP contribution in [-0.2, 0) is 18.3 Å². The Morgan fingerprint density at radius 3 is 2.76 bits per heavy atom. The Labute approximate surface area is 198 Å². The van der Waals surface area contributed by atoms with Crippen LogP contribution in [0, 0.1) is 0 Å². The van der Waals surface area contributed by atoms with Crippen molar-refractivity contribution >= 4 is 5.91 Å². The van der Waals surface area contributed by atoms with E-state index in [2.05, 4.69) is 5.10 Å². The van der Waals surface area contributed by atoms with E-state index in [0.29, 0.717) is 24.7 Å². The molecular weight excluding hydrogens is 432 g/mol. The number of likely N-dealkylation sites (tertiary alicyclic amines) is 1. The number of piperidine rings is 1. The number of hydrogen-bond donors (Lipinski definition) is 0. The minimum absolute atomic E-state index is 0.0306. The molecule has 1 amide bonds. The van der Waals surface area contributed by atoms with Crippen molar-refractivity contribution in [1.82, 2.24) is 19.2 Å². The minimum atomic E-state index is -0.275. The summed E-state index contributed by atoms with van der Waals surface area (Å²) in [6.07, 6.45) is 2.52. The van der Waals surface area contributed by atoms with Crippen LogP contribution in [0.5, 0.6) is 11.5 Å². The predicted molar refractivity (Wildman–Crippen MR) is 128 cm³/mol. The number of nitrogens with zero attached hydrogens (tertiary/aromatic N) is 4. The molecule has 178 valence electrons. The number of benzene rings is 2. The number of aryl methyl sites for hydroxylation is 1. The largest absolute Gasteiger partial charge is 0.483 e. The second-order valence-electron chi connectivity index (χ2n) is 9.69. The van der Waals surface area contributed by atoms with E-state index in [9.17, 15) is 9.59 Å². The van der Waals surface area contributed by atoms with Crippen molar-refractivity contribution in [2.75, 3.05) is 19.7 Å². The van der Waals surface area contributed by atoms with Gasteiger partial charge < -0.3 is 14.4 Å². The van der Waals surface area contributed by atoms with Crippen molar-refractivity contribution < 1.29 is 14.3 Å². The summed E-state index contributed by atoms with van der Waals surface area (Å²) in [5, 5.41) is 4.53. The van der Waals surface area contributed by atoms with Gasteiger partial charge >= 0.3 is 5.69 Å². The molecule has 2 aromatic carbocycles. The van der Waals surface area contributed by atoms with E-state index >= 15 is 0 Å². The fraction of sp³-hybridized carbons (Fsp3) is 0.423. The highest BCUT2D eigenvalue weighted by Crippen LogP contribution is 2.41. The van der Waals surface area contributed by atoms with Gasteiger partial charge in [-0.05, 0) is 44.9 Å². The molecule has 0 spiro atoms. The zero-order chi connectivity index (χ0) is 23.9. The monoisotopic (exact) mass is 462 g/mol. The van der Waals surface area contributed by atoms with Crippen LogP contribution in [0.4, 0.5) is 0 Å². The van der Waals surface area contributed by atoms with Gasteiger partial charge in [-0.2, -0.15) is 5.10 Å². The SMILES string of the molecule is Cn1nc(C2CCCN(C(=O)COc3cccc4c3OC(C)(C)C4)C2)n(-c2ccccc2)c1=O. The van der Waals surface area contributed by atoms with Gasteiger partial charge in [0, 0.05) is 38.0 Å². The van der Waals surface area contributed by atoms with E-state index in [1.807, 2.05) is 67.3 Å². The number of carbonyl (C=O) groups excluding carboxylic acids is 1. The van der Waals surface area contributed by atoms with Gasteiger partial charge in [0.1, 0.15) is 11.4 Å². The van der Waals surface area contributed by atoms with Crippen LogP contribution in [0.2, 0.25) is 0 Å². The second-order valence-corrected chi connectivity index (χ2v) is 9.69. The maximum absolute atomic E-state index is 13.1. The molecule has 0 N–H and O–H groups in total. The number of para-hydroxylation sites is 2. The van der Waals surface area contributed by atoms with Gasteiger partial charge in [-0.25, -0.2) is 14.0 Å². The Bertz CT molecular complexity index is 1260. The lowest BCUT2D eigenvalue weighted by Crippen LogP contribution is -2.42. The number of fused-ring (bicyclic) bond motifs is 1. The highest BCUT2D eigenvalue weighted by atomic mass is 16.5. The number of ether oxygens (including phenoxy) is 2. The third-order valence-electron chi connectivity index (χ3n) is 6.51. The summed E-state index contributed by atoms with van der Waals surface area (Å²) in [5.41, 5.74) is 1.42. The molecule has 1 aromatic heterocycles. The van der Waals surface area contributed by atoms with Crippen LogP contribution in [0.1, 0.15) is 44.0 Å². The molecule has 3 heterocycles. The summed E-state index contributed by atoms with van der Waals surface area (Å²) in [7, 11) is 1.66. The number of carbonyl (C=O) groups is 1. The maximum atomic E-state index is 13.1. The lowest BCUT2D eigenvalue weighted by atomic mass is 9.97. The summed E-state index contributed by atoms with van der Waals surface area (Å²) in [6.45, 7) is 5.20. The molecule has 2 aliphatic heterocycles. The Morgan fingerprint density at radius 2 is 1.97 bits per heavy atom. The molecule has 0 aliphatic carbocycles. The van der Waals surface area contributed by atoms with Crippen molar-refractivity contribution in [1.29, 1.82) is 0 Å². The number of rotatable bonds is 5. The molecule has 2 aliphatic rings. The maximum Gasteiger partial charge on any atom is 0.350 e. The summed E-state index contributed by atoms with van der Waals surface area (Å²) in [4.78, 5) is 27.7. The van der Waals surface area contributed by atoms with Gasteiger partial charge in [-0.15, -0.1) is 0 Å². The molecule has 8 nitrogen and oxygen atoms in total. The molecule has 1 unspecified atom stereocenters. The lowest BCUT2D eigenvalue weighted by molar-refractivity contribution is -0.134. The van der Waals surface area contributed by atoms with Crippen molar-refractivity contribution in [2.24, 2.45) is 7.05 Å². The number of amides is 1. The molecule has 0 radical (unpaired) electrons. The van der Waals surface area contributed by atoms with Crippen LogP contribution >= 0.6 is 0 Å². The average Bonchev–Trinajstić information content (AvgIpc) is 3.32. The Kier molecular flexibility index (Phi) is 5.67. The van der Waals surface area contributed by atoms with E-state index in [-0.39, 0.29) is 29.7 Å². The third kappa shape index (κ3) is 4.20. The molecule has 34 heavy (non-hydrogen) atoms. The smallest absolute Gasteiger partial charge is 0.350 e. The molecular formula is C26H30N4O4. The molecule has 1 fully saturated rings. The highest BCUT2D eigenvalue weighted by Gasteiger charge is 2.33. The van der Waals surface area contributed by atoms with Crippen molar-refractivity contribution in [3.8, 4) is 17.2 Å². The van der Waals surface area contributed by atoms with Crippen molar-refractivity contribution in [2.45, 2.75) is 44.6 Å².